The molecule has 0 heterocycles. The molecule has 4 nitrogen and oxygen atoms in total. The third kappa shape index (κ3) is 7.34. The van der Waals surface area contributed by atoms with Gasteiger partial charge in [0.1, 0.15) is 5.60 Å². The van der Waals surface area contributed by atoms with Crippen LogP contribution in [-0.2, 0) is 4.74 Å². The molecule has 0 aliphatic carbocycles. The summed E-state index contributed by atoms with van der Waals surface area (Å²) >= 11 is 0. The first-order valence-electron chi connectivity index (χ1n) is 8.14. The molecule has 124 valence electrons. The third-order valence-electron chi connectivity index (χ3n) is 3.44. The largest absolute Gasteiger partial charge is 0.444 e. The van der Waals surface area contributed by atoms with Crippen LogP contribution in [0, 0.1) is 0 Å². The number of nitrogens with two attached hydrogens (primary N) is 1. The van der Waals surface area contributed by atoms with Crippen molar-refractivity contribution in [2.45, 2.75) is 64.9 Å². The molecule has 1 aromatic rings. The molecule has 0 radical (unpaired) electrons. The normalized spacial score (nSPS) is 12.7. The zero-order valence-corrected chi connectivity index (χ0v) is 14.3. The molecule has 0 aliphatic rings. The number of amides is 1. The van der Waals surface area contributed by atoms with Gasteiger partial charge in [-0.05, 0) is 63.6 Å². The van der Waals surface area contributed by atoms with Crippen LogP contribution in [0.25, 0.3) is 0 Å². The highest BCUT2D eigenvalue weighted by molar-refractivity contribution is 5.67. The first-order valence-corrected chi connectivity index (χ1v) is 8.14. The maximum atomic E-state index is 11.6. The van der Waals surface area contributed by atoms with E-state index in [1.165, 1.54) is 5.56 Å². The number of nitrogen functional groups attached to an aromatic ring is 1. The fourth-order valence-corrected chi connectivity index (χ4v) is 2.45. The van der Waals surface area contributed by atoms with Crippen molar-refractivity contribution in [2.75, 3.05) is 12.3 Å². The molecular weight excluding hydrogens is 276 g/mol. The van der Waals surface area contributed by atoms with Gasteiger partial charge in [0.25, 0.3) is 0 Å². The van der Waals surface area contributed by atoms with Gasteiger partial charge in [0.05, 0.1) is 0 Å². The Hall–Kier alpha value is -1.71. The fourth-order valence-electron chi connectivity index (χ4n) is 2.45. The lowest BCUT2D eigenvalue weighted by Crippen LogP contribution is -2.33. The van der Waals surface area contributed by atoms with Gasteiger partial charge < -0.3 is 15.8 Å². The van der Waals surface area contributed by atoms with E-state index in [1.54, 1.807) is 0 Å². The van der Waals surface area contributed by atoms with E-state index in [0.29, 0.717) is 12.5 Å². The number of carbonyl (C=O) groups excluding carboxylic acids is 1. The Morgan fingerprint density at radius 1 is 1.23 bits per heavy atom. The van der Waals surface area contributed by atoms with Crippen LogP contribution in [0.5, 0.6) is 0 Å². The number of anilines is 1. The highest BCUT2D eigenvalue weighted by Crippen LogP contribution is 2.26. The Bertz CT molecular complexity index is 449. The van der Waals surface area contributed by atoms with Crippen molar-refractivity contribution < 1.29 is 9.53 Å². The number of carbonyl (C=O) groups is 1. The molecule has 0 saturated heterocycles. The summed E-state index contributed by atoms with van der Waals surface area (Å²) in [6.07, 6.45) is 3.94. The first-order chi connectivity index (χ1) is 10.3. The van der Waals surface area contributed by atoms with E-state index in [2.05, 4.69) is 24.4 Å². The smallest absolute Gasteiger partial charge is 0.407 e. The topological polar surface area (TPSA) is 64.3 Å². The predicted molar refractivity (Wildman–Crippen MR) is 92.0 cm³/mol. The maximum absolute atomic E-state index is 11.6. The summed E-state index contributed by atoms with van der Waals surface area (Å²) in [4.78, 5) is 11.6. The van der Waals surface area contributed by atoms with E-state index in [1.807, 2.05) is 32.9 Å². The summed E-state index contributed by atoms with van der Waals surface area (Å²) < 4.78 is 5.23. The molecule has 1 aromatic carbocycles. The summed E-state index contributed by atoms with van der Waals surface area (Å²) in [5, 5.41) is 2.82. The lowest BCUT2D eigenvalue weighted by atomic mass is 9.90. The molecular formula is C18H30N2O2. The number of benzene rings is 1. The fraction of sp³-hybridized carbons (Fsp3) is 0.611. The van der Waals surface area contributed by atoms with E-state index in [4.69, 9.17) is 10.5 Å². The van der Waals surface area contributed by atoms with Crippen molar-refractivity contribution in [3.63, 3.8) is 0 Å². The molecule has 1 atom stereocenters. The van der Waals surface area contributed by atoms with Crippen molar-refractivity contribution in [2.24, 2.45) is 0 Å². The lowest BCUT2D eigenvalue weighted by molar-refractivity contribution is 0.0526. The summed E-state index contributed by atoms with van der Waals surface area (Å²) in [6, 6.07) is 8.13. The number of ether oxygens (including phenoxy) is 1. The molecule has 3 N–H and O–H groups in total. The van der Waals surface area contributed by atoms with Crippen molar-refractivity contribution in [3.05, 3.63) is 29.8 Å². The van der Waals surface area contributed by atoms with Crippen LogP contribution in [0.3, 0.4) is 0 Å². The van der Waals surface area contributed by atoms with E-state index >= 15 is 0 Å². The second-order valence-electron chi connectivity index (χ2n) is 6.72. The lowest BCUT2D eigenvalue weighted by Gasteiger charge is -2.20. The molecule has 1 rings (SSSR count). The third-order valence-corrected chi connectivity index (χ3v) is 3.44. The van der Waals surface area contributed by atoms with Crippen LogP contribution in [0.4, 0.5) is 10.5 Å². The maximum Gasteiger partial charge on any atom is 0.407 e. The van der Waals surface area contributed by atoms with Gasteiger partial charge in [0, 0.05) is 12.2 Å². The Labute approximate surface area is 134 Å². The summed E-state index contributed by atoms with van der Waals surface area (Å²) in [7, 11) is 0. The van der Waals surface area contributed by atoms with Crippen LogP contribution in [0.2, 0.25) is 0 Å². The zero-order valence-electron chi connectivity index (χ0n) is 14.3. The summed E-state index contributed by atoms with van der Waals surface area (Å²) in [6.45, 7) is 8.44. The molecule has 0 aromatic heterocycles. The molecule has 1 unspecified atom stereocenters. The van der Waals surface area contributed by atoms with E-state index in [0.717, 1.165) is 31.4 Å². The molecule has 0 fully saturated rings. The van der Waals surface area contributed by atoms with Crippen molar-refractivity contribution >= 4 is 11.8 Å². The van der Waals surface area contributed by atoms with Crippen molar-refractivity contribution in [1.82, 2.24) is 5.32 Å². The second kappa shape index (κ2) is 8.66. The van der Waals surface area contributed by atoms with Crippen LogP contribution < -0.4 is 11.1 Å². The van der Waals surface area contributed by atoms with E-state index in [-0.39, 0.29) is 6.09 Å². The highest BCUT2D eigenvalue weighted by Gasteiger charge is 2.16. The minimum absolute atomic E-state index is 0.341. The number of rotatable bonds is 7. The van der Waals surface area contributed by atoms with Gasteiger partial charge in [-0.25, -0.2) is 4.79 Å². The summed E-state index contributed by atoms with van der Waals surface area (Å²) in [5.74, 6) is 0.519. The molecule has 22 heavy (non-hydrogen) atoms. The van der Waals surface area contributed by atoms with Gasteiger partial charge in [0.2, 0.25) is 0 Å². The van der Waals surface area contributed by atoms with Gasteiger partial charge >= 0.3 is 6.09 Å². The predicted octanol–water partition coefficient (Wildman–Crippen LogP) is 4.46. The molecule has 0 bridgehead atoms. The number of hydrogen-bond donors (Lipinski definition) is 2. The Balaban J connectivity index is 2.39. The highest BCUT2D eigenvalue weighted by atomic mass is 16.6. The minimum Gasteiger partial charge on any atom is -0.444 e. The van der Waals surface area contributed by atoms with Gasteiger partial charge in [-0.3, -0.25) is 0 Å². The molecule has 1 amide bonds. The Kier molecular flexibility index (Phi) is 7.22. The molecule has 0 saturated carbocycles. The molecule has 0 aliphatic heterocycles. The molecule has 4 heteroatoms. The average molecular weight is 306 g/mol. The summed E-state index contributed by atoms with van der Waals surface area (Å²) in [5.41, 5.74) is 7.42. The molecule has 0 spiro atoms. The van der Waals surface area contributed by atoms with Crippen molar-refractivity contribution in [3.8, 4) is 0 Å². The van der Waals surface area contributed by atoms with Crippen molar-refractivity contribution in [1.29, 1.82) is 0 Å². The number of hydrogen-bond acceptors (Lipinski definition) is 3. The second-order valence-corrected chi connectivity index (χ2v) is 6.72. The van der Waals surface area contributed by atoms with Crippen LogP contribution in [0.1, 0.15) is 64.9 Å². The van der Waals surface area contributed by atoms with E-state index < -0.39 is 5.60 Å². The van der Waals surface area contributed by atoms with Crippen LogP contribution >= 0.6 is 0 Å². The van der Waals surface area contributed by atoms with Gasteiger partial charge in [0.15, 0.2) is 0 Å². The zero-order chi connectivity index (χ0) is 16.6. The Morgan fingerprint density at radius 3 is 2.41 bits per heavy atom. The van der Waals surface area contributed by atoms with Gasteiger partial charge in [-0.1, -0.05) is 25.5 Å². The average Bonchev–Trinajstić information content (AvgIpc) is 2.41. The Morgan fingerprint density at radius 2 is 1.86 bits per heavy atom. The standard InChI is InChI=1S/C18H30N2O2/c1-5-7-14(15-9-11-16(19)12-10-15)8-6-13-20-17(21)22-18(2,3)4/h9-12,14H,5-8,13,19H2,1-4H3,(H,20,21). The SMILES string of the molecule is CCCC(CCCNC(=O)OC(C)(C)C)c1ccc(N)cc1. The first kappa shape index (κ1) is 18.3. The number of nitrogens with one attached hydrogen (secondary N) is 1. The minimum atomic E-state index is -0.446. The number of alkyl carbamates (subject to hydrolysis) is 1. The van der Waals surface area contributed by atoms with Crippen LogP contribution in [0.15, 0.2) is 24.3 Å². The van der Waals surface area contributed by atoms with Gasteiger partial charge in [-0.15, -0.1) is 0 Å². The van der Waals surface area contributed by atoms with Crippen LogP contribution in [-0.4, -0.2) is 18.2 Å². The van der Waals surface area contributed by atoms with Gasteiger partial charge in [-0.2, -0.15) is 0 Å². The van der Waals surface area contributed by atoms with E-state index in [9.17, 15) is 4.79 Å². The quantitative estimate of drug-likeness (QED) is 0.577. The monoisotopic (exact) mass is 306 g/mol.